The van der Waals surface area contributed by atoms with Crippen molar-refractivity contribution in [1.82, 2.24) is 9.78 Å². The molecule has 0 bridgehead atoms. The third kappa shape index (κ3) is 1.49. The number of aromatic nitrogens is 2. The zero-order chi connectivity index (χ0) is 9.26. The number of nitrogens with zero attached hydrogens (tertiary/aromatic N) is 2. The quantitative estimate of drug-likeness (QED) is 0.710. The lowest BCUT2D eigenvalue weighted by molar-refractivity contribution is 0.609. The molecule has 0 fully saturated rings. The van der Waals surface area contributed by atoms with Gasteiger partial charge in [-0.3, -0.25) is 4.68 Å². The number of hydrogen-bond acceptors (Lipinski definition) is 2. The number of nitrogen functional groups attached to an aromatic ring is 1. The van der Waals surface area contributed by atoms with Crippen LogP contribution in [-0.4, -0.2) is 9.78 Å². The number of nitrogens with two attached hydrogens (primary N) is 1. The van der Waals surface area contributed by atoms with Gasteiger partial charge in [0, 0.05) is 23.8 Å². The smallest absolute Gasteiger partial charge is 0.0924 e. The molecule has 1 aromatic heterocycles. The molecule has 2 rings (SSSR count). The Bertz CT molecular complexity index is 417. The van der Waals surface area contributed by atoms with E-state index in [1.807, 2.05) is 29.1 Å². The fourth-order valence-corrected chi connectivity index (χ4v) is 1.44. The molecule has 0 saturated carbocycles. The highest BCUT2D eigenvalue weighted by atomic mass is 15.3. The lowest BCUT2D eigenvalue weighted by atomic mass is 10.2. The molecule has 0 unspecified atom stereocenters. The van der Waals surface area contributed by atoms with E-state index < -0.39 is 0 Å². The van der Waals surface area contributed by atoms with Gasteiger partial charge in [0.25, 0.3) is 0 Å². The summed E-state index contributed by atoms with van der Waals surface area (Å²) >= 11 is 0. The van der Waals surface area contributed by atoms with Crippen molar-refractivity contribution in [1.29, 1.82) is 0 Å². The summed E-state index contributed by atoms with van der Waals surface area (Å²) in [4.78, 5) is 0. The van der Waals surface area contributed by atoms with Crippen LogP contribution in [0.3, 0.4) is 0 Å². The maximum Gasteiger partial charge on any atom is 0.0924 e. The molecule has 0 aliphatic heterocycles. The average Bonchev–Trinajstić information content (AvgIpc) is 2.46. The normalized spacial score (nSPS) is 10.8. The van der Waals surface area contributed by atoms with E-state index in [1.54, 1.807) is 0 Å². The Kier molecular flexibility index (Phi) is 1.93. The molecule has 68 valence electrons. The minimum absolute atomic E-state index is 0.795. The number of fused-ring (bicyclic) bond motifs is 1. The average molecular weight is 175 g/mol. The molecular formula is C10H13N3. The molecule has 0 aliphatic carbocycles. The van der Waals surface area contributed by atoms with Crippen LogP contribution >= 0.6 is 0 Å². The summed E-state index contributed by atoms with van der Waals surface area (Å²) in [7, 11) is 0. The van der Waals surface area contributed by atoms with Gasteiger partial charge in [-0.05, 0) is 24.6 Å². The number of anilines is 1. The molecule has 0 radical (unpaired) electrons. The standard InChI is InChI=1S/C10H13N3/c1-2-5-13-7-8-6-9(11)3-4-10(8)12-13/h3-4,6-7H,2,5,11H2,1H3. The first-order valence-electron chi connectivity index (χ1n) is 4.52. The molecule has 13 heavy (non-hydrogen) atoms. The van der Waals surface area contributed by atoms with Gasteiger partial charge in [0.15, 0.2) is 0 Å². The van der Waals surface area contributed by atoms with Gasteiger partial charge < -0.3 is 5.73 Å². The van der Waals surface area contributed by atoms with Crippen LogP contribution in [0.4, 0.5) is 5.69 Å². The van der Waals surface area contributed by atoms with Crippen molar-refractivity contribution in [3.63, 3.8) is 0 Å². The highest BCUT2D eigenvalue weighted by Gasteiger charge is 1.99. The van der Waals surface area contributed by atoms with Crippen molar-refractivity contribution in [3.05, 3.63) is 24.4 Å². The van der Waals surface area contributed by atoms with E-state index in [-0.39, 0.29) is 0 Å². The Labute approximate surface area is 77.2 Å². The molecule has 0 atom stereocenters. The highest BCUT2D eigenvalue weighted by molar-refractivity contribution is 5.81. The maximum absolute atomic E-state index is 5.67. The van der Waals surface area contributed by atoms with Crippen LogP contribution in [0.5, 0.6) is 0 Å². The van der Waals surface area contributed by atoms with Crippen molar-refractivity contribution in [2.45, 2.75) is 19.9 Å². The van der Waals surface area contributed by atoms with Crippen molar-refractivity contribution >= 4 is 16.6 Å². The molecule has 1 heterocycles. The van der Waals surface area contributed by atoms with Crippen LogP contribution in [0.25, 0.3) is 10.9 Å². The summed E-state index contributed by atoms with van der Waals surface area (Å²) in [6, 6.07) is 5.79. The monoisotopic (exact) mass is 175 g/mol. The van der Waals surface area contributed by atoms with Crippen LogP contribution in [-0.2, 0) is 6.54 Å². The number of hydrogen-bond donors (Lipinski definition) is 1. The van der Waals surface area contributed by atoms with Gasteiger partial charge in [-0.1, -0.05) is 6.92 Å². The molecule has 3 nitrogen and oxygen atoms in total. The molecular weight excluding hydrogens is 162 g/mol. The van der Waals surface area contributed by atoms with E-state index in [0.717, 1.165) is 29.6 Å². The van der Waals surface area contributed by atoms with Crippen molar-refractivity contribution in [3.8, 4) is 0 Å². The van der Waals surface area contributed by atoms with Crippen LogP contribution in [0.2, 0.25) is 0 Å². The summed E-state index contributed by atoms with van der Waals surface area (Å²) in [5, 5.41) is 5.52. The van der Waals surface area contributed by atoms with Gasteiger partial charge in [0.1, 0.15) is 0 Å². The van der Waals surface area contributed by atoms with E-state index in [9.17, 15) is 0 Å². The second kappa shape index (κ2) is 3.09. The molecule has 0 spiro atoms. The SMILES string of the molecule is CCCn1cc2cc(N)ccc2n1. The third-order valence-corrected chi connectivity index (χ3v) is 2.03. The summed E-state index contributed by atoms with van der Waals surface area (Å²) in [6.45, 7) is 3.11. The van der Waals surface area contributed by atoms with Crippen LogP contribution < -0.4 is 5.73 Å². The fourth-order valence-electron chi connectivity index (χ4n) is 1.44. The molecule has 0 aliphatic rings. The topological polar surface area (TPSA) is 43.8 Å². The summed E-state index contributed by atoms with van der Waals surface area (Å²) < 4.78 is 1.96. The summed E-state index contributed by atoms with van der Waals surface area (Å²) in [6.07, 6.45) is 3.14. The maximum atomic E-state index is 5.67. The molecule has 0 amide bonds. The van der Waals surface area contributed by atoms with E-state index in [0.29, 0.717) is 0 Å². The van der Waals surface area contributed by atoms with E-state index in [4.69, 9.17) is 5.73 Å². The van der Waals surface area contributed by atoms with Crippen LogP contribution in [0.1, 0.15) is 13.3 Å². The first-order chi connectivity index (χ1) is 6.29. The van der Waals surface area contributed by atoms with Gasteiger partial charge in [0.2, 0.25) is 0 Å². The van der Waals surface area contributed by atoms with Crippen LogP contribution in [0, 0.1) is 0 Å². The molecule has 3 heteroatoms. The zero-order valence-corrected chi connectivity index (χ0v) is 7.70. The van der Waals surface area contributed by atoms with Gasteiger partial charge >= 0.3 is 0 Å². The Morgan fingerprint density at radius 3 is 3.08 bits per heavy atom. The molecule has 1 aromatic carbocycles. The highest BCUT2D eigenvalue weighted by Crippen LogP contribution is 2.15. The molecule has 0 saturated heterocycles. The Morgan fingerprint density at radius 1 is 1.46 bits per heavy atom. The van der Waals surface area contributed by atoms with Gasteiger partial charge in [-0.2, -0.15) is 5.10 Å². The van der Waals surface area contributed by atoms with Gasteiger partial charge in [-0.15, -0.1) is 0 Å². The number of rotatable bonds is 2. The Hall–Kier alpha value is -1.51. The van der Waals surface area contributed by atoms with Crippen molar-refractivity contribution < 1.29 is 0 Å². The summed E-state index contributed by atoms with van der Waals surface area (Å²) in [5.74, 6) is 0. The van der Waals surface area contributed by atoms with E-state index in [2.05, 4.69) is 12.0 Å². The molecule has 2 aromatic rings. The van der Waals surface area contributed by atoms with Crippen molar-refractivity contribution in [2.24, 2.45) is 0 Å². The number of benzene rings is 1. The fraction of sp³-hybridized carbons (Fsp3) is 0.300. The van der Waals surface area contributed by atoms with E-state index in [1.165, 1.54) is 0 Å². The largest absolute Gasteiger partial charge is 0.399 e. The van der Waals surface area contributed by atoms with Crippen LogP contribution in [0.15, 0.2) is 24.4 Å². The second-order valence-electron chi connectivity index (χ2n) is 3.21. The van der Waals surface area contributed by atoms with E-state index >= 15 is 0 Å². The van der Waals surface area contributed by atoms with Crippen molar-refractivity contribution in [2.75, 3.05) is 5.73 Å². The Balaban J connectivity index is 2.49. The third-order valence-electron chi connectivity index (χ3n) is 2.03. The van der Waals surface area contributed by atoms with Gasteiger partial charge in [-0.25, -0.2) is 0 Å². The first kappa shape index (κ1) is 8.10. The second-order valence-corrected chi connectivity index (χ2v) is 3.21. The predicted octanol–water partition coefficient (Wildman–Crippen LogP) is 2.03. The lowest BCUT2D eigenvalue weighted by Gasteiger charge is -1.93. The zero-order valence-electron chi connectivity index (χ0n) is 7.70. The first-order valence-corrected chi connectivity index (χ1v) is 4.52. The predicted molar refractivity (Wildman–Crippen MR) is 54.4 cm³/mol. The minimum atomic E-state index is 0.795. The minimum Gasteiger partial charge on any atom is -0.399 e. The van der Waals surface area contributed by atoms with Gasteiger partial charge in [0.05, 0.1) is 5.52 Å². The Morgan fingerprint density at radius 2 is 2.31 bits per heavy atom. The molecule has 2 N–H and O–H groups in total. The summed E-state index contributed by atoms with van der Waals surface area (Å²) in [5.41, 5.74) is 7.48. The lowest BCUT2D eigenvalue weighted by Crippen LogP contribution is -1.95. The number of aryl methyl sites for hydroxylation is 1.